The topological polar surface area (TPSA) is 94.3 Å². The molecule has 70 valence electrons. The largest absolute Gasteiger partial charge is 0.368 e. The lowest BCUT2D eigenvalue weighted by Gasteiger charge is -2.00. The van der Waals surface area contributed by atoms with Gasteiger partial charge in [-0.25, -0.2) is 5.48 Å². The number of nitrogens with two attached hydrogens (primary N) is 1. The lowest BCUT2D eigenvalue weighted by atomic mass is 10.5. The summed E-state index contributed by atoms with van der Waals surface area (Å²) in [7, 11) is 0. The lowest BCUT2D eigenvalue weighted by molar-refractivity contribution is -0.124. The number of hydroxylamine groups is 1. The predicted octanol–water partition coefficient (Wildman–Crippen LogP) is -0.710. The monoisotopic (exact) mass is 201 g/mol. The van der Waals surface area contributed by atoms with Gasteiger partial charge in [0.2, 0.25) is 5.91 Å². The zero-order valence-corrected chi connectivity index (χ0v) is 7.34. The SMILES string of the molecule is NC(=O)CONC(=O)c1cncs1. The quantitative estimate of drug-likeness (QED) is 0.629. The van der Waals surface area contributed by atoms with Gasteiger partial charge < -0.3 is 5.73 Å². The predicted molar refractivity (Wildman–Crippen MR) is 44.7 cm³/mol. The Morgan fingerprint density at radius 1 is 1.69 bits per heavy atom. The minimum atomic E-state index is -0.649. The van der Waals surface area contributed by atoms with Gasteiger partial charge in [-0.1, -0.05) is 0 Å². The first-order chi connectivity index (χ1) is 6.20. The van der Waals surface area contributed by atoms with E-state index in [9.17, 15) is 9.59 Å². The molecule has 1 rings (SSSR count). The molecule has 1 aromatic heterocycles. The molecule has 0 atom stereocenters. The van der Waals surface area contributed by atoms with Crippen LogP contribution in [0.2, 0.25) is 0 Å². The Labute approximate surface area is 77.7 Å². The van der Waals surface area contributed by atoms with Gasteiger partial charge in [0.15, 0.2) is 6.61 Å². The molecule has 0 spiro atoms. The Bertz CT molecular complexity index is 298. The first kappa shape index (κ1) is 9.62. The number of aromatic nitrogens is 1. The highest BCUT2D eigenvalue weighted by molar-refractivity contribution is 7.11. The van der Waals surface area contributed by atoms with Crippen LogP contribution in [-0.4, -0.2) is 23.4 Å². The normalized spacial score (nSPS) is 9.54. The first-order valence-corrected chi connectivity index (χ1v) is 4.17. The van der Waals surface area contributed by atoms with E-state index in [1.165, 1.54) is 23.0 Å². The molecule has 6 nitrogen and oxygen atoms in total. The van der Waals surface area contributed by atoms with E-state index in [0.717, 1.165) is 0 Å². The van der Waals surface area contributed by atoms with E-state index in [0.29, 0.717) is 4.88 Å². The van der Waals surface area contributed by atoms with E-state index in [2.05, 4.69) is 9.82 Å². The van der Waals surface area contributed by atoms with Crippen molar-refractivity contribution in [1.82, 2.24) is 10.5 Å². The third-order valence-electron chi connectivity index (χ3n) is 1.04. The van der Waals surface area contributed by atoms with Crippen LogP contribution in [0.25, 0.3) is 0 Å². The molecule has 1 aromatic rings. The molecular weight excluding hydrogens is 194 g/mol. The van der Waals surface area contributed by atoms with Gasteiger partial charge >= 0.3 is 0 Å². The Morgan fingerprint density at radius 2 is 2.46 bits per heavy atom. The number of carbonyl (C=O) groups excluding carboxylic acids is 2. The average molecular weight is 201 g/mol. The molecule has 0 aliphatic rings. The van der Waals surface area contributed by atoms with E-state index in [1.807, 2.05) is 5.48 Å². The molecular formula is C6H7N3O3S. The molecule has 0 radical (unpaired) electrons. The molecule has 0 aliphatic carbocycles. The fourth-order valence-corrected chi connectivity index (χ4v) is 1.06. The highest BCUT2D eigenvalue weighted by atomic mass is 32.1. The van der Waals surface area contributed by atoms with Gasteiger partial charge in [0.05, 0.1) is 11.7 Å². The second-order valence-corrected chi connectivity index (χ2v) is 2.94. The summed E-state index contributed by atoms with van der Waals surface area (Å²) in [5.74, 6) is -1.09. The molecule has 0 unspecified atom stereocenters. The standard InChI is InChI=1S/C6H7N3O3S/c7-5(10)2-12-9-6(11)4-1-8-3-13-4/h1,3H,2H2,(H2,7,10)(H,9,11). The van der Waals surface area contributed by atoms with E-state index >= 15 is 0 Å². The maximum absolute atomic E-state index is 11.1. The van der Waals surface area contributed by atoms with Crippen molar-refractivity contribution in [3.8, 4) is 0 Å². The number of primary amides is 1. The smallest absolute Gasteiger partial charge is 0.286 e. The Kier molecular flexibility index (Phi) is 3.35. The molecule has 3 N–H and O–H groups in total. The number of carbonyl (C=O) groups is 2. The van der Waals surface area contributed by atoms with Crippen LogP contribution in [0.15, 0.2) is 11.7 Å². The molecule has 0 bridgehead atoms. The lowest BCUT2D eigenvalue weighted by Crippen LogP contribution is -2.28. The van der Waals surface area contributed by atoms with E-state index in [4.69, 9.17) is 5.73 Å². The van der Waals surface area contributed by atoms with Crippen molar-refractivity contribution >= 4 is 23.2 Å². The Hall–Kier alpha value is -1.47. The van der Waals surface area contributed by atoms with Crippen LogP contribution in [0.1, 0.15) is 9.67 Å². The van der Waals surface area contributed by atoms with Crippen LogP contribution < -0.4 is 11.2 Å². The van der Waals surface area contributed by atoms with Crippen LogP contribution in [0.3, 0.4) is 0 Å². The third-order valence-corrected chi connectivity index (χ3v) is 1.81. The second kappa shape index (κ2) is 4.53. The minimum Gasteiger partial charge on any atom is -0.368 e. The number of amides is 2. The van der Waals surface area contributed by atoms with E-state index in [1.54, 1.807) is 0 Å². The van der Waals surface area contributed by atoms with E-state index in [-0.39, 0.29) is 6.61 Å². The van der Waals surface area contributed by atoms with Crippen LogP contribution in [0.5, 0.6) is 0 Å². The van der Waals surface area contributed by atoms with Crippen LogP contribution in [0, 0.1) is 0 Å². The van der Waals surface area contributed by atoms with E-state index < -0.39 is 11.8 Å². The molecule has 0 saturated heterocycles. The molecule has 0 saturated carbocycles. The summed E-state index contributed by atoms with van der Waals surface area (Å²) in [5.41, 5.74) is 8.34. The highest BCUT2D eigenvalue weighted by Gasteiger charge is 2.06. The van der Waals surface area contributed by atoms with Crippen LogP contribution in [0.4, 0.5) is 0 Å². The van der Waals surface area contributed by atoms with Gasteiger partial charge in [-0.3, -0.25) is 19.4 Å². The highest BCUT2D eigenvalue weighted by Crippen LogP contribution is 2.03. The van der Waals surface area contributed by atoms with Crippen LogP contribution in [-0.2, 0) is 9.63 Å². The number of thiazole rings is 1. The molecule has 13 heavy (non-hydrogen) atoms. The summed E-state index contributed by atoms with van der Waals surface area (Å²) in [4.78, 5) is 29.9. The van der Waals surface area contributed by atoms with Crippen molar-refractivity contribution in [1.29, 1.82) is 0 Å². The van der Waals surface area contributed by atoms with Gasteiger partial charge in [0.25, 0.3) is 5.91 Å². The second-order valence-electron chi connectivity index (χ2n) is 2.05. The summed E-state index contributed by atoms with van der Waals surface area (Å²) in [5, 5.41) is 0. The Morgan fingerprint density at radius 3 is 3.00 bits per heavy atom. The molecule has 7 heteroatoms. The van der Waals surface area contributed by atoms with Crippen molar-refractivity contribution in [3.63, 3.8) is 0 Å². The summed E-state index contributed by atoms with van der Waals surface area (Å²) in [6.45, 7) is -0.343. The molecule has 0 fully saturated rings. The minimum absolute atomic E-state index is 0.343. The van der Waals surface area contributed by atoms with Crippen molar-refractivity contribution < 1.29 is 14.4 Å². The Balaban J connectivity index is 2.31. The van der Waals surface area contributed by atoms with Crippen molar-refractivity contribution in [3.05, 3.63) is 16.6 Å². The van der Waals surface area contributed by atoms with Crippen molar-refractivity contribution in [2.24, 2.45) is 5.73 Å². The number of rotatable bonds is 4. The van der Waals surface area contributed by atoms with Gasteiger partial charge in [-0.05, 0) is 0 Å². The average Bonchev–Trinajstić information content (AvgIpc) is 2.55. The molecule has 1 heterocycles. The first-order valence-electron chi connectivity index (χ1n) is 3.29. The summed E-state index contributed by atoms with van der Waals surface area (Å²) in [6, 6.07) is 0. The fourth-order valence-electron chi connectivity index (χ4n) is 0.551. The fraction of sp³-hybridized carbons (Fsp3) is 0.167. The molecule has 0 aliphatic heterocycles. The third kappa shape index (κ3) is 3.18. The number of hydrogen-bond donors (Lipinski definition) is 2. The zero-order chi connectivity index (χ0) is 9.68. The zero-order valence-electron chi connectivity index (χ0n) is 6.52. The summed E-state index contributed by atoms with van der Waals surface area (Å²) in [6.07, 6.45) is 1.40. The maximum Gasteiger partial charge on any atom is 0.286 e. The number of hydrogen-bond acceptors (Lipinski definition) is 5. The number of nitrogens with one attached hydrogen (secondary N) is 1. The molecule has 2 amide bonds. The summed E-state index contributed by atoms with van der Waals surface area (Å²) >= 11 is 1.17. The number of nitrogens with zero attached hydrogens (tertiary/aromatic N) is 1. The van der Waals surface area contributed by atoms with Crippen molar-refractivity contribution in [2.45, 2.75) is 0 Å². The van der Waals surface area contributed by atoms with Gasteiger partial charge in [-0.15, -0.1) is 11.3 Å². The van der Waals surface area contributed by atoms with Gasteiger partial charge in [-0.2, -0.15) is 0 Å². The maximum atomic E-state index is 11.1. The van der Waals surface area contributed by atoms with Crippen molar-refractivity contribution in [2.75, 3.05) is 6.61 Å². The van der Waals surface area contributed by atoms with Gasteiger partial charge in [0, 0.05) is 0 Å². The van der Waals surface area contributed by atoms with Crippen LogP contribution >= 0.6 is 11.3 Å². The summed E-state index contributed by atoms with van der Waals surface area (Å²) < 4.78 is 0. The van der Waals surface area contributed by atoms with Gasteiger partial charge in [0.1, 0.15) is 4.88 Å². The molecule has 0 aromatic carbocycles.